The topological polar surface area (TPSA) is 61.4 Å². The lowest BCUT2D eigenvalue weighted by atomic mass is 9.96. The van der Waals surface area contributed by atoms with Gasteiger partial charge in [0.05, 0.1) is 30.4 Å². The standard InChI is InChI=1S/C18H17N3O2S2/c1-24-12-6-4-11(5-7-12)16-15-14(19-18(23)20-16)10-21(17(15)22)9-13-3-2-8-25-13/h2-8,16H,9-10H2,1H3,(H2,19,20,23). The molecule has 2 aromatic rings. The molecule has 3 amide bonds. The van der Waals surface area contributed by atoms with Gasteiger partial charge in [-0.05, 0) is 35.4 Å². The molecule has 7 heteroatoms. The minimum atomic E-state index is -0.402. The minimum Gasteiger partial charge on any atom is -0.328 e. The van der Waals surface area contributed by atoms with Crippen molar-refractivity contribution in [3.8, 4) is 0 Å². The third kappa shape index (κ3) is 3.05. The van der Waals surface area contributed by atoms with E-state index in [9.17, 15) is 9.59 Å². The first-order valence-corrected chi connectivity index (χ1v) is 10.0. The van der Waals surface area contributed by atoms with E-state index in [2.05, 4.69) is 10.6 Å². The molecule has 1 aromatic carbocycles. The van der Waals surface area contributed by atoms with Crippen molar-refractivity contribution in [2.45, 2.75) is 17.5 Å². The number of nitrogens with one attached hydrogen (secondary N) is 2. The second-order valence-electron chi connectivity index (χ2n) is 5.94. The van der Waals surface area contributed by atoms with Crippen LogP contribution in [0.5, 0.6) is 0 Å². The molecule has 0 saturated carbocycles. The number of thioether (sulfide) groups is 1. The smallest absolute Gasteiger partial charge is 0.319 e. The Hall–Kier alpha value is -2.25. The Morgan fingerprint density at radius 2 is 2.04 bits per heavy atom. The van der Waals surface area contributed by atoms with Gasteiger partial charge < -0.3 is 15.5 Å². The molecule has 5 nitrogen and oxygen atoms in total. The first-order valence-electron chi connectivity index (χ1n) is 7.92. The van der Waals surface area contributed by atoms with Gasteiger partial charge in [0, 0.05) is 9.77 Å². The largest absolute Gasteiger partial charge is 0.328 e. The van der Waals surface area contributed by atoms with Crippen LogP contribution in [0.1, 0.15) is 16.5 Å². The lowest BCUT2D eigenvalue weighted by molar-refractivity contribution is -0.126. The van der Waals surface area contributed by atoms with Gasteiger partial charge in [-0.25, -0.2) is 4.79 Å². The van der Waals surface area contributed by atoms with Crippen molar-refractivity contribution in [2.75, 3.05) is 12.8 Å². The maximum absolute atomic E-state index is 13.0. The van der Waals surface area contributed by atoms with Crippen molar-refractivity contribution in [3.05, 3.63) is 63.5 Å². The van der Waals surface area contributed by atoms with Gasteiger partial charge in [-0.15, -0.1) is 23.1 Å². The summed E-state index contributed by atoms with van der Waals surface area (Å²) in [6.45, 7) is 1.01. The van der Waals surface area contributed by atoms with Crippen molar-refractivity contribution in [1.82, 2.24) is 15.5 Å². The highest BCUT2D eigenvalue weighted by atomic mass is 32.2. The third-order valence-electron chi connectivity index (χ3n) is 4.40. The molecule has 3 heterocycles. The van der Waals surface area contributed by atoms with Gasteiger partial charge in [-0.1, -0.05) is 18.2 Å². The summed E-state index contributed by atoms with van der Waals surface area (Å²) in [5.41, 5.74) is 2.28. The van der Waals surface area contributed by atoms with Gasteiger partial charge in [0.2, 0.25) is 0 Å². The van der Waals surface area contributed by atoms with E-state index < -0.39 is 6.04 Å². The molecule has 1 atom stereocenters. The molecule has 0 bridgehead atoms. The lowest BCUT2D eigenvalue weighted by Gasteiger charge is -2.25. The highest BCUT2D eigenvalue weighted by Crippen LogP contribution is 2.34. The summed E-state index contributed by atoms with van der Waals surface area (Å²) < 4.78 is 0. The maximum atomic E-state index is 13.0. The fraction of sp³-hybridized carbons (Fsp3) is 0.222. The first-order chi connectivity index (χ1) is 12.2. The van der Waals surface area contributed by atoms with Crippen LogP contribution in [-0.2, 0) is 11.3 Å². The van der Waals surface area contributed by atoms with Crippen LogP contribution in [0, 0.1) is 0 Å². The molecule has 0 fully saturated rings. The van der Waals surface area contributed by atoms with E-state index in [-0.39, 0.29) is 11.9 Å². The molecular weight excluding hydrogens is 354 g/mol. The van der Waals surface area contributed by atoms with E-state index in [0.29, 0.717) is 24.4 Å². The van der Waals surface area contributed by atoms with E-state index in [1.54, 1.807) is 28.0 Å². The number of thiophene rings is 1. The molecule has 2 aliphatic rings. The predicted octanol–water partition coefficient (Wildman–Crippen LogP) is 3.12. The molecule has 1 aromatic heterocycles. The zero-order valence-electron chi connectivity index (χ0n) is 13.6. The summed E-state index contributed by atoms with van der Waals surface area (Å²) in [4.78, 5) is 29.1. The van der Waals surface area contributed by atoms with Crippen molar-refractivity contribution in [1.29, 1.82) is 0 Å². The molecule has 1 unspecified atom stereocenters. The molecule has 4 rings (SSSR count). The van der Waals surface area contributed by atoms with Crippen LogP contribution in [0.3, 0.4) is 0 Å². The molecule has 25 heavy (non-hydrogen) atoms. The number of hydrogen-bond acceptors (Lipinski definition) is 4. The van der Waals surface area contributed by atoms with E-state index in [0.717, 1.165) is 15.3 Å². The van der Waals surface area contributed by atoms with Crippen LogP contribution < -0.4 is 10.6 Å². The highest BCUT2D eigenvalue weighted by molar-refractivity contribution is 7.98. The molecule has 128 valence electrons. The van der Waals surface area contributed by atoms with Crippen LogP contribution in [0.4, 0.5) is 4.79 Å². The number of carbonyl (C=O) groups is 2. The summed E-state index contributed by atoms with van der Waals surface area (Å²) in [6.07, 6.45) is 2.02. The van der Waals surface area contributed by atoms with Gasteiger partial charge >= 0.3 is 6.03 Å². The third-order valence-corrected chi connectivity index (χ3v) is 6.00. The van der Waals surface area contributed by atoms with Crippen molar-refractivity contribution in [3.63, 3.8) is 0 Å². The van der Waals surface area contributed by atoms with Crippen LogP contribution in [0.15, 0.2) is 57.9 Å². The summed E-state index contributed by atoms with van der Waals surface area (Å²) in [5, 5.41) is 7.70. The van der Waals surface area contributed by atoms with Gasteiger partial charge in [-0.2, -0.15) is 0 Å². The monoisotopic (exact) mass is 371 g/mol. The average molecular weight is 371 g/mol. The van der Waals surface area contributed by atoms with Gasteiger partial charge in [0.25, 0.3) is 5.91 Å². The molecule has 2 aliphatic heterocycles. The molecule has 0 aliphatic carbocycles. The van der Waals surface area contributed by atoms with E-state index in [1.165, 1.54) is 0 Å². The van der Waals surface area contributed by atoms with Crippen molar-refractivity contribution < 1.29 is 9.59 Å². The van der Waals surface area contributed by atoms with Crippen molar-refractivity contribution in [2.24, 2.45) is 0 Å². The quantitative estimate of drug-likeness (QED) is 0.812. The number of benzene rings is 1. The van der Waals surface area contributed by atoms with E-state index >= 15 is 0 Å². The minimum absolute atomic E-state index is 0.0187. The molecule has 0 saturated heterocycles. The van der Waals surface area contributed by atoms with Gasteiger partial charge in [0.15, 0.2) is 0 Å². The first kappa shape index (κ1) is 16.2. The Labute approximate surface area is 154 Å². The Bertz CT molecular complexity index is 844. The number of amides is 3. The number of hydrogen-bond donors (Lipinski definition) is 2. The number of nitrogens with zero attached hydrogens (tertiary/aromatic N) is 1. The Morgan fingerprint density at radius 3 is 2.72 bits per heavy atom. The zero-order chi connectivity index (χ0) is 17.4. The number of urea groups is 1. The Kier molecular flexibility index (Phi) is 4.27. The number of carbonyl (C=O) groups excluding carboxylic acids is 2. The van der Waals surface area contributed by atoms with Gasteiger partial charge in [0.1, 0.15) is 0 Å². The summed E-state index contributed by atoms with van der Waals surface area (Å²) >= 11 is 3.29. The molecular formula is C18H17N3O2S2. The summed E-state index contributed by atoms with van der Waals surface area (Å²) in [6, 6.07) is 11.3. The lowest BCUT2D eigenvalue weighted by Crippen LogP contribution is -2.44. The Balaban J connectivity index is 1.63. The van der Waals surface area contributed by atoms with E-state index in [1.807, 2.05) is 48.0 Å². The molecule has 0 spiro atoms. The zero-order valence-corrected chi connectivity index (χ0v) is 15.2. The molecule has 2 N–H and O–H groups in total. The average Bonchev–Trinajstić information content (AvgIpc) is 3.23. The Morgan fingerprint density at radius 1 is 1.24 bits per heavy atom. The fourth-order valence-electron chi connectivity index (χ4n) is 3.19. The molecule has 0 radical (unpaired) electrons. The summed E-state index contributed by atoms with van der Waals surface area (Å²) in [5.74, 6) is -0.0187. The SMILES string of the molecule is CSc1ccc(C2NC(=O)NC3=C2C(=O)N(Cc2cccs2)C3)cc1. The van der Waals surface area contributed by atoms with Crippen molar-refractivity contribution >= 4 is 35.0 Å². The second-order valence-corrected chi connectivity index (χ2v) is 7.85. The maximum Gasteiger partial charge on any atom is 0.319 e. The number of rotatable bonds is 4. The normalized spacial score (nSPS) is 19.7. The fourth-order valence-corrected chi connectivity index (χ4v) is 4.32. The predicted molar refractivity (Wildman–Crippen MR) is 99.4 cm³/mol. The van der Waals surface area contributed by atoms with Crippen LogP contribution in [-0.4, -0.2) is 29.6 Å². The second kappa shape index (κ2) is 6.57. The van der Waals surface area contributed by atoms with Crippen LogP contribution in [0.25, 0.3) is 0 Å². The van der Waals surface area contributed by atoms with Gasteiger partial charge in [-0.3, -0.25) is 4.79 Å². The summed E-state index contributed by atoms with van der Waals surface area (Å²) in [7, 11) is 0. The van der Waals surface area contributed by atoms with Crippen LogP contribution in [0.2, 0.25) is 0 Å². The highest BCUT2D eigenvalue weighted by Gasteiger charge is 2.40. The van der Waals surface area contributed by atoms with E-state index in [4.69, 9.17) is 0 Å². The van der Waals surface area contributed by atoms with Crippen LogP contribution >= 0.6 is 23.1 Å².